The number of rotatable bonds is 10. The summed E-state index contributed by atoms with van der Waals surface area (Å²) in [7, 11) is -3.47. The molecule has 0 bridgehead atoms. The lowest BCUT2D eigenvalue weighted by atomic mass is 10.0. The SMILES string of the molecule is CC(C)c1cccc(OCC(=O)NCCc2ccc(S(=O)(=O)NC3CCCC3)cc2)c1. The Balaban J connectivity index is 1.42. The van der Waals surface area contributed by atoms with Crippen LogP contribution in [-0.4, -0.2) is 33.5 Å². The van der Waals surface area contributed by atoms with Crippen molar-refractivity contribution < 1.29 is 17.9 Å². The van der Waals surface area contributed by atoms with Gasteiger partial charge < -0.3 is 10.1 Å². The van der Waals surface area contributed by atoms with Crippen LogP contribution in [0.25, 0.3) is 0 Å². The van der Waals surface area contributed by atoms with Crippen molar-refractivity contribution in [3.05, 3.63) is 59.7 Å². The quantitative estimate of drug-likeness (QED) is 0.584. The number of carbonyl (C=O) groups excluding carboxylic acids is 1. The van der Waals surface area contributed by atoms with Gasteiger partial charge in [-0.3, -0.25) is 4.79 Å². The summed E-state index contributed by atoms with van der Waals surface area (Å²) in [5.74, 6) is 0.900. The van der Waals surface area contributed by atoms with Crippen molar-refractivity contribution in [3.8, 4) is 5.75 Å². The molecule has 2 N–H and O–H groups in total. The molecule has 2 aromatic carbocycles. The van der Waals surface area contributed by atoms with Gasteiger partial charge in [-0.05, 0) is 60.6 Å². The summed E-state index contributed by atoms with van der Waals surface area (Å²) in [5, 5.41) is 2.84. The molecule has 0 radical (unpaired) electrons. The highest BCUT2D eigenvalue weighted by atomic mass is 32.2. The Hall–Kier alpha value is -2.38. The molecule has 0 atom stereocenters. The Labute approximate surface area is 185 Å². The second-order valence-electron chi connectivity index (χ2n) is 8.36. The fourth-order valence-electron chi connectivity index (χ4n) is 3.68. The van der Waals surface area contributed by atoms with Crippen LogP contribution >= 0.6 is 0 Å². The van der Waals surface area contributed by atoms with Crippen LogP contribution in [0.5, 0.6) is 5.75 Å². The van der Waals surface area contributed by atoms with E-state index in [4.69, 9.17) is 4.74 Å². The summed E-state index contributed by atoms with van der Waals surface area (Å²) in [6.07, 6.45) is 4.58. The molecule has 31 heavy (non-hydrogen) atoms. The molecule has 0 spiro atoms. The van der Waals surface area contributed by atoms with Crippen LogP contribution in [0.15, 0.2) is 53.4 Å². The molecule has 1 fully saturated rings. The van der Waals surface area contributed by atoms with Crippen molar-refractivity contribution in [2.45, 2.75) is 62.8 Å². The Bertz CT molecular complexity index is 965. The van der Waals surface area contributed by atoms with Crippen LogP contribution in [-0.2, 0) is 21.2 Å². The van der Waals surface area contributed by atoms with Crippen molar-refractivity contribution in [3.63, 3.8) is 0 Å². The van der Waals surface area contributed by atoms with Gasteiger partial charge in [0.05, 0.1) is 4.90 Å². The standard InChI is InChI=1S/C24H32N2O4S/c1-18(2)20-6-5-9-22(16-20)30-17-24(27)25-15-14-19-10-12-23(13-11-19)31(28,29)26-21-7-3-4-8-21/h5-6,9-13,16,18,21,26H,3-4,7-8,14-15,17H2,1-2H3,(H,25,27). The first kappa shape index (κ1) is 23.3. The van der Waals surface area contributed by atoms with E-state index in [1.165, 1.54) is 5.56 Å². The van der Waals surface area contributed by atoms with Gasteiger partial charge in [-0.2, -0.15) is 0 Å². The van der Waals surface area contributed by atoms with Crippen LogP contribution in [0, 0.1) is 0 Å². The Morgan fingerprint density at radius 2 is 1.81 bits per heavy atom. The zero-order valence-corrected chi connectivity index (χ0v) is 19.1. The van der Waals surface area contributed by atoms with E-state index >= 15 is 0 Å². The Kier molecular flexibility index (Phi) is 8.09. The van der Waals surface area contributed by atoms with Gasteiger partial charge in [0.15, 0.2) is 6.61 Å². The topological polar surface area (TPSA) is 84.5 Å². The molecule has 0 unspecified atom stereocenters. The lowest BCUT2D eigenvalue weighted by Crippen LogP contribution is -2.32. The first-order valence-corrected chi connectivity index (χ1v) is 12.4. The molecule has 0 saturated heterocycles. The second-order valence-corrected chi connectivity index (χ2v) is 10.1. The van der Waals surface area contributed by atoms with E-state index in [1.54, 1.807) is 24.3 Å². The lowest BCUT2D eigenvalue weighted by Gasteiger charge is -2.13. The Morgan fingerprint density at radius 3 is 2.48 bits per heavy atom. The van der Waals surface area contributed by atoms with Gasteiger partial charge in [-0.15, -0.1) is 0 Å². The first-order valence-electron chi connectivity index (χ1n) is 10.9. The van der Waals surface area contributed by atoms with Gasteiger partial charge in [0.2, 0.25) is 10.0 Å². The summed E-state index contributed by atoms with van der Waals surface area (Å²) in [6.45, 7) is 4.64. The van der Waals surface area contributed by atoms with E-state index in [0.717, 1.165) is 31.2 Å². The number of carbonyl (C=O) groups is 1. The largest absolute Gasteiger partial charge is 0.484 e. The highest BCUT2D eigenvalue weighted by Crippen LogP contribution is 2.21. The van der Waals surface area contributed by atoms with Crippen molar-refractivity contribution >= 4 is 15.9 Å². The average Bonchev–Trinajstić information content (AvgIpc) is 3.25. The maximum Gasteiger partial charge on any atom is 0.257 e. The predicted molar refractivity (Wildman–Crippen MR) is 122 cm³/mol. The minimum Gasteiger partial charge on any atom is -0.484 e. The molecular weight excluding hydrogens is 412 g/mol. The minimum absolute atomic E-state index is 0.0361. The molecule has 1 amide bonds. The monoisotopic (exact) mass is 444 g/mol. The predicted octanol–water partition coefficient (Wildman–Crippen LogP) is 3.77. The summed E-state index contributed by atoms with van der Waals surface area (Å²) >= 11 is 0. The number of ether oxygens (including phenoxy) is 1. The fraction of sp³-hybridized carbons (Fsp3) is 0.458. The molecule has 0 aromatic heterocycles. The first-order chi connectivity index (χ1) is 14.8. The zero-order chi connectivity index (χ0) is 22.3. The van der Waals surface area contributed by atoms with Gasteiger partial charge in [-0.25, -0.2) is 13.1 Å². The molecule has 0 aliphatic heterocycles. The zero-order valence-electron chi connectivity index (χ0n) is 18.3. The summed E-state index contributed by atoms with van der Waals surface area (Å²) in [4.78, 5) is 12.3. The maximum atomic E-state index is 12.5. The van der Waals surface area contributed by atoms with E-state index in [9.17, 15) is 13.2 Å². The molecule has 1 aliphatic rings. The molecular formula is C24H32N2O4S. The number of nitrogens with one attached hydrogen (secondary N) is 2. The Morgan fingerprint density at radius 1 is 1.10 bits per heavy atom. The molecule has 1 saturated carbocycles. The normalized spacial score (nSPS) is 14.7. The number of hydrogen-bond acceptors (Lipinski definition) is 4. The minimum atomic E-state index is -3.47. The smallest absolute Gasteiger partial charge is 0.257 e. The van der Waals surface area contributed by atoms with E-state index in [2.05, 4.69) is 23.9 Å². The molecule has 6 nitrogen and oxygen atoms in total. The third-order valence-corrected chi connectivity index (χ3v) is 7.08. The molecule has 1 aliphatic carbocycles. The highest BCUT2D eigenvalue weighted by molar-refractivity contribution is 7.89. The van der Waals surface area contributed by atoms with Crippen LogP contribution in [0.4, 0.5) is 0 Å². The van der Waals surface area contributed by atoms with Crippen LogP contribution in [0.1, 0.15) is 56.6 Å². The lowest BCUT2D eigenvalue weighted by molar-refractivity contribution is -0.123. The van der Waals surface area contributed by atoms with Gasteiger partial charge in [0.1, 0.15) is 5.75 Å². The fourth-order valence-corrected chi connectivity index (χ4v) is 4.98. The van der Waals surface area contributed by atoms with Crippen LogP contribution in [0.3, 0.4) is 0 Å². The van der Waals surface area contributed by atoms with E-state index in [-0.39, 0.29) is 23.5 Å². The third-order valence-electron chi connectivity index (χ3n) is 5.54. The van der Waals surface area contributed by atoms with Gasteiger partial charge >= 0.3 is 0 Å². The van der Waals surface area contributed by atoms with Crippen LogP contribution in [0.2, 0.25) is 0 Å². The third kappa shape index (κ3) is 7.08. The number of hydrogen-bond donors (Lipinski definition) is 2. The van der Waals surface area contributed by atoms with E-state index < -0.39 is 10.0 Å². The maximum absolute atomic E-state index is 12.5. The van der Waals surface area contributed by atoms with Crippen molar-refractivity contribution in [1.82, 2.24) is 10.0 Å². The van der Waals surface area contributed by atoms with Crippen molar-refractivity contribution in [2.75, 3.05) is 13.2 Å². The number of benzene rings is 2. The molecule has 2 aromatic rings. The van der Waals surface area contributed by atoms with Gasteiger partial charge in [0, 0.05) is 12.6 Å². The molecule has 3 rings (SSSR count). The molecule has 0 heterocycles. The van der Waals surface area contributed by atoms with Crippen molar-refractivity contribution in [2.24, 2.45) is 0 Å². The highest BCUT2D eigenvalue weighted by Gasteiger charge is 2.22. The average molecular weight is 445 g/mol. The summed E-state index contributed by atoms with van der Waals surface area (Å²) < 4.78 is 33.3. The molecule has 7 heteroatoms. The van der Waals surface area contributed by atoms with E-state index in [0.29, 0.717) is 24.6 Å². The summed E-state index contributed by atoms with van der Waals surface area (Å²) in [6, 6.07) is 14.7. The number of amides is 1. The van der Waals surface area contributed by atoms with Crippen LogP contribution < -0.4 is 14.8 Å². The second kappa shape index (κ2) is 10.8. The van der Waals surface area contributed by atoms with Gasteiger partial charge in [-0.1, -0.05) is 51.0 Å². The number of sulfonamides is 1. The van der Waals surface area contributed by atoms with E-state index in [1.807, 2.05) is 24.3 Å². The summed E-state index contributed by atoms with van der Waals surface area (Å²) in [5.41, 5.74) is 2.13. The van der Waals surface area contributed by atoms with Crippen molar-refractivity contribution in [1.29, 1.82) is 0 Å². The molecule has 168 valence electrons. The van der Waals surface area contributed by atoms with Gasteiger partial charge in [0.25, 0.3) is 5.91 Å².